The van der Waals surface area contributed by atoms with Gasteiger partial charge in [-0.25, -0.2) is 4.79 Å². The third-order valence-electron chi connectivity index (χ3n) is 2.68. The van der Waals surface area contributed by atoms with Gasteiger partial charge in [-0.05, 0) is 32.6 Å². The third kappa shape index (κ3) is 4.56. The Balaban J connectivity index is 2.46. The van der Waals surface area contributed by atoms with E-state index in [9.17, 15) is 9.59 Å². The number of ether oxygens (including phenoxy) is 1. The molecule has 0 bridgehead atoms. The van der Waals surface area contributed by atoms with Crippen molar-refractivity contribution in [2.45, 2.75) is 32.6 Å². The van der Waals surface area contributed by atoms with Gasteiger partial charge in [0.05, 0.1) is 0 Å². The van der Waals surface area contributed by atoms with E-state index in [0.717, 1.165) is 25.0 Å². The van der Waals surface area contributed by atoms with Crippen molar-refractivity contribution >= 4 is 11.9 Å². The molecule has 17 heavy (non-hydrogen) atoms. The zero-order valence-corrected chi connectivity index (χ0v) is 10.1. The average molecular weight is 241 g/mol. The third-order valence-corrected chi connectivity index (χ3v) is 2.68. The van der Waals surface area contributed by atoms with Crippen LogP contribution >= 0.6 is 0 Å². The Morgan fingerprint density at radius 1 is 1.41 bits per heavy atom. The van der Waals surface area contributed by atoms with Crippen LogP contribution in [0.5, 0.6) is 0 Å². The molecule has 0 spiro atoms. The maximum Gasteiger partial charge on any atom is 0.329 e. The van der Waals surface area contributed by atoms with Crippen molar-refractivity contribution in [3.8, 4) is 0 Å². The van der Waals surface area contributed by atoms with E-state index in [0.29, 0.717) is 6.54 Å². The number of rotatable bonds is 6. The van der Waals surface area contributed by atoms with Crippen molar-refractivity contribution in [1.29, 1.82) is 0 Å². The number of carbonyl (C=O) groups excluding carboxylic acids is 1. The molecule has 1 aliphatic rings. The van der Waals surface area contributed by atoms with Gasteiger partial charge in [-0.15, -0.1) is 0 Å². The largest absolute Gasteiger partial charge is 0.480 e. The van der Waals surface area contributed by atoms with Gasteiger partial charge in [0, 0.05) is 12.2 Å². The van der Waals surface area contributed by atoms with E-state index in [1.807, 2.05) is 6.92 Å². The van der Waals surface area contributed by atoms with Gasteiger partial charge in [0.1, 0.15) is 13.2 Å². The number of hydrogen-bond donors (Lipinski definition) is 1. The maximum atomic E-state index is 11.8. The van der Waals surface area contributed by atoms with Gasteiger partial charge in [0.15, 0.2) is 0 Å². The highest BCUT2D eigenvalue weighted by atomic mass is 16.5. The van der Waals surface area contributed by atoms with E-state index in [2.05, 4.69) is 6.08 Å². The fourth-order valence-electron chi connectivity index (χ4n) is 1.91. The first-order valence-electron chi connectivity index (χ1n) is 5.94. The van der Waals surface area contributed by atoms with Crippen molar-refractivity contribution in [1.82, 2.24) is 4.90 Å². The molecule has 96 valence electrons. The van der Waals surface area contributed by atoms with Crippen molar-refractivity contribution in [3.05, 3.63) is 11.8 Å². The first kappa shape index (κ1) is 13.7. The van der Waals surface area contributed by atoms with Crippen LogP contribution in [0.15, 0.2) is 11.8 Å². The Hall–Kier alpha value is -1.36. The second-order valence-electron chi connectivity index (χ2n) is 3.97. The molecule has 5 heteroatoms. The van der Waals surface area contributed by atoms with Gasteiger partial charge < -0.3 is 14.7 Å². The molecule has 1 rings (SSSR count). The van der Waals surface area contributed by atoms with E-state index >= 15 is 0 Å². The Kier molecular flexibility index (Phi) is 5.69. The van der Waals surface area contributed by atoms with Crippen LogP contribution in [-0.4, -0.2) is 41.6 Å². The molecule has 0 aliphatic heterocycles. The van der Waals surface area contributed by atoms with Crippen molar-refractivity contribution in [3.63, 3.8) is 0 Å². The van der Waals surface area contributed by atoms with E-state index in [4.69, 9.17) is 9.84 Å². The number of hydrogen-bond acceptors (Lipinski definition) is 3. The minimum Gasteiger partial charge on any atom is -0.480 e. The van der Waals surface area contributed by atoms with E-state index in [1.54, 1.807) is 4.90 Å². The summed E-state index contributed by atoms with van der Waals surface area (Å²) in [5.74, 6) is -1.22. The zero-order chi connectivity index (χ0) is 12.7. The lowest BCUT2D eigenvalue weighted by Gasteiger charge is -2.26. The SMILES string of the molecule is CCN(C(=O)COCC(=O)O)C1=CCCCC1. The van der Waals surface area contributed by atoms with E-state index in [-0.39, 0.29) is 12.5 Å². The Bertz CT molecular complexity index is 312. The van der Waals surface area contributed by atoms with Gasteiger partial charge in [0.2, 0.25) is 0 Å². The van der Waals surface area contributed by atoms with Gasteiger partial charge in [-0.2, -0.15) is 0 Å². The molecule has 0 saturated carbocycles. The topological polar surface area (TPSA) is 66.8 Å². The Morgan fingerprint density at radius 2 is 2.18 bits per heavy atom. The van der Waals surface area contributed by atoms with Crippen LogP contribution in [0, 0.1) is 0 Å². The molecular weight excluding hydrogens is 222 g/mol. The van der Waals surface area contributed by atoms with Gasteiger partial charge in [0.25, 0.3) is 5.91 Å². The number of likely N-dealkylation sites (N-methyl/N-ethyl adjacent to an activating group) is 1. The van der Waals surface area contributed by atoms with Crippen LogP contribution in [0.25, 0.3) is 0 Å². The summed E-state index contributed by atoms with van der Waals surface area (Å²) >= 11 is 0. The predicted octanol–water partition coefficient (Wildman–Crippen LogP) is 1.39. The summed E-state index contributed by atoms with van der Waals surface area (Å²) in [5.41, 5.74) is 1.04. The molecule has 0 unspecified atom stereocenters. The number of carboxylic acid groups (broad SMARTS) is 1. The average Bonchev–Trinajstić information content (AvgIpc) is 2.31. The number of amides is 1. The number of allylic oxidation sites excluding steroid dienone is 2. The molecule has 0 atom stereocenters. The second kappa shape index (κ2) is 7.06. The minimum absolute atomic E-state index is 0.165. The summed E-state index contributed by atoms with van der Waals surface area (Å²) in [6.45, 7) is 1.91. The molecule has 0 fully saturated rings. The molecule has 0 heterocycles. The Labute approximate surface area is 101 Å². The molecule has 1 N–H and O–H groups in total. The summed E-state index contributed by atoms with van der Waals surface area (Å²) in [6, 6.07) is 0. The van der Waals surface area contributed by atoms with Gasteiger partial charge in [-0.1, -0.05) is 6.08 Å². The number of carbonyl (C=O) groups is 2. The van der Waals surface area contributed by atoms with Crippen LogP contribution in [-0.2, 0) is 14.3 Å². The number of carboxylic acids is 1. The molecule has 0 aromatic carbocycles. The first-order valence-corrected chi connectivity index (χ1v) is 5.94. The lowest BCUT2D eigenvalue weighted by atomic mass is 10.0. The zero-order valence-electron chi connectivity index (χ0n) is 10.1. The van der Waals surface area contributed by atoms with Crippen molar-refractivity contribution in [2.24, 2.45) is 0 Å². The summed E-state index contributed by atoms with van der Waals surface area (Å²) in [5, 5.41) is 8.41. The van der Waals surface area contributed by atoms with Crippen LogP contribution in [0.1, 0.15) is 32.6 Å². The highest BCUT2D eigenvalue weighted by Crippen LogP contribution is 2.20. The lowest BCUT2D eigenvalue weighted by Crippen LogP contribution is -2.34. The van der Waals surface area contributed by atoms with Crippen LogP contribution < -0.4 is 0 Å². The molecule has 1 amide bonds. The fourth-order valence-corrected chi connectivity index (χ4v) is 1.91. The monoisotopic (exact) mass is 241 g/mol. The Morgan fingerprint density at radius 3 is 2.71 bits per heavy atom. The normalized spacial score (nSPS) is 15.2. The van der Waals surface area contributed by atoms with Gasteiger partial charge in [-0.3, -0.25) is 4.79 Å². The summed E-state index contributed by atoms with van der Waals surface area (Å²) in [7, 11) is 0. The smallest absolute Gasteiger partial charge is 0.329 e. The van der Waals surface area contributed by atoms with Crippen molar-refractivity contribution < 1.29 is 19.4 Å². The first-order chi connectivity index (χ1) is 8.15. The molecule has 0 radical (unpaired) electrons. The highest BCUT2D eigenvalue weighted by Gasteiger charge is 2.17. The quantitative estimate of drug-likeness (QED) is 0.763. The standard InChI is InChI=1S/C12H19NO4/c1-2-13(10-6-4-3-5-7-10)11(14)8-17-9-12(15)16/h6H,2-5,7-9H2,1H3,(H,15,16). The van der Waals surface area contributed by atoms with Crippen molar-refractivity contribution in [2.75, 3.05) is 19.8 Å². The molecular formula is C12H19NO4. The summed E-state index contributed by atoms with van der Waals surface area (Å²) in [6.07, 6.45) is 6.28. The fraction of sp³-hybridized carbons (Fsp3) is 0.667. The number of nitrogens with zero attached hydrogens (tertiary/aromatic N) is 1. The minimum atomic E-state index is -1.06. The predicted molar refractivity (Wildman–Crippen MR) is 62.4 cm³/mol. The van der Waals surface area contributed by atoms with Crippen LogP contribution in [0.3, 0.4) is 0 Å². The highest BCUT2D eigenvalue weighted by molar-refractivity contribution is 5.79. The van der Waals surface area contributed by atoms with Crippen LogP contribution in [0.2, 0.25) is 0 Å². The lowest BCUT2D eigenvalue weighted by molar-refractivity contribution is -0.145. The number of aliphatic carboxylic acids is 1. The molecule has 0 saturated heterocycles. The molecule has 0 aromatic rings. The van der Waals surface area contributed by atoms with Gasteiger partial charge >= 0.3 is 5.97 Å². The maximum absolute atomic E-state index is 11.8. The molecule has 0 aromatic heterocycles. The van der Waals surface area contributed by atoms with E-state index < -0.39 is 12.6 Å². The second-order valence-corrected chi connectivity index (χ2v) is 3.97. The molecule has 5 nitrogen and oxygen atoms in total. The molecule has 1 aliphatic carbocycles. The summed E-state index contributed by atoms with van der Waals surface area (Å²) < 4.78 is 4.81. The summed E-state index contributed by atoms with van der Waals surface area (Å²) in [4.78, 5) is 23.8. The van der Waals surface area contributed by atoms with Crippen LogP contribution in [0.4, 0.5) is 0 Å². The van der Waals surface area contributed by atoms with E-state index in [1.165, 1.54) is 6.42 Å².